The highest BCUT2D eigenvalue weighted by Gasteiger charge is 2.30. The quantitative estimate of drug-likeness (QED) is 0.568. The van der Waals surface area contributed by atoms with Crippen molar-refractivity contribution < 1.29 is 9.59 Å². The van der Waals surface area contributed by atoms with Crippen LogP contribution in [0.1, 0.15) is 51.5 Å². The van der Waals surface area contributed by atoms with Crippen LogP contribution in [-0.4, -0.2) is 89.9 Å². The van der Waals surface area contributed by atoms with Gasteiger partial charge in [0.15, 0.2) is 0 Å². The monoisotopic (exact) mass is 501 g/mol. The lowest BCUT2D eigenvalue weighted by Crippen LogP contribution is -2.53. The van der Waals surface area contributed by atoms with Crippen LogP contribution in [0.2, 0.25) is 0 Å². The lowest BCUT2D eigenvalue weighted by Gasteiger charge is -2.36. The van der Waals surface area contributed by atoms with Crippen LogP contribution in [0.25, 0.3) is 10.9 Å². The zero-order valence-corrected chi connectivity index (χ0v) is 22.6. The summed E-state index contributed by atoms with van der Waals surface area (Å²) in [6.07, 6.45) is 2.28. The Bertz CT molecular complexity index is 1260. The van der Waals surface area contributed by atoms with Gasteiger partial charge in [0.05, 0.1) is 0 Å². The molecule has 0 spiro atoms. The molecular weight excluding hydrogens is 462 g/mol. The van der Waals surface area contributed by atoms with E-state index in [0.29, 0.717) is 37.8 Å². The Morgan fingerprint density at radius 2 is 1.49 bits per heavy atom. The maximum absolute atomic E-state index is 13.7. The summed E-state index contributed by atoms with van der Waals surface area (Å²) in [5.41, 5.74) is 7.12. The SMILES string of the molecule is Cc1cccc(C)c1C1CCN(Cc2c(C(=O)N3CCN(C(=O)N(C)C)CC3)[nH]c3ccccc23)CC1. The van der Waals surface area contributed by atoms with Crippen molar-refractivity contribution in [2.75, 3.05) is 53.4 Å². The molecule has 2 fully saturated rings. The molecule has 0 aliphatic carbocycles. The predicted molar refractivity (Wildman–Crippen MR) is 148 cm³/mol. The minimum Gasteiger partial charge on any atom is -0.350 e. The Balaban J connectivity index is 1.31. The van der Waals surface area contributed by atoms with Crippen LogP contribution >= 0.6 is 0 Å². The van der Waals surface area contributed by atoms with E-state index in [2.05, 4.69) is 54.1 Å². The summed E-state index contributed by atoms with van der Waals surface area (Å²) in [7, 11) is 3.53. The number of piperazine rings is 1. The Hall–Kier alpha value is -3.32. The zero-order valence-electron chi connectivity index (χ0n) is 22.6. The molecular formula is C30H39N5O2. The Kier molecular flexibility index (Phi) is 7.24. The molecule has 2 aromatic carbocycles. The number of rotatable bonds is 4. The van der Waals surface area contributed by atoms with Gasteiger partial charge in [-0.3, -0.25) is 9.69 Å². The first-order chi connectivity index (χ1) is 17.8. The Morgan fingerprint density at radius 1 is 0.865 bits per heavy atom. The summed E-state index contributed by atoms with van der Waals surface area (Å²) >= 11 is 0. The highest BCUT2D eigenvalue weighted by Crippen LogP contribution is 2.34. The molecule has 5 rings (SSSR count). The largest absolute Gasteiger partial charge is 0.350 e. The number of hydrogen-bond donors (Lipinski definition) is 1. The van der Waals surface area contributed by atoms with Gasteiger partial charge >= 0.3 is 6.03 Å². The van der Waals surface area contributed by atoms with Crippen molar-refractivity contribution in [2.45, 2.75) is 39.2 Å². The van der Waals surface area contributed by atoms with E-state index in [4.69, 9.17) is 0 Å². The van der Waals surface area contributed by atoms with Crippen molar-refractivity contribution in [3.8, 4) is 0 Å². The number of hydrogen-bond acceptors (Lipinski definition) is 3. The maximum atomic E-state index is 13.7. The lowest BCUT2D eigenvalue weighted by atomic mass is 9.84. The third-order valence-corrected chi connectivity index (χ3v) is 8.17. The molecule has 0 unspecified atom stereocenters. The fraction of sp³-hybridized carbons (Fsp3) is 0.467. The molecule has 0 radical (unpaired) electrons. The van der Waals surface area contributed by atoms with E-state index in [1.165, 1.54) is 16.7 Å². The third-order valence-electron chi connectivity index (χ3n) is 8.17. The van der Waals surface area contributed by atoms with Crippen LogP contribution in [0.5, 0.6) is 0 Å². The summed E-state index contributed by atoms with van der Waals surface area (Å²) < 4.78 is 0. The number of fused-ring (bicyclic) bond motifs is 1. The van der Waals surface area contributed by atoms with Crippen LogP contribution in [-0.2, 0) is 6.54 Å². The summed E-state index contributed by atoms with van der Waals surface area (Å²) in [6.45, 7) is 9.50. The summed E-state index contributed by atoms with van der Waals surface area (Å²) in [5.74, 6) is 0.635. The molecule has 2 saturated heterocycles. The van der Waals surface area contributed by atoms with Gasteiger partial charge in [-0.1, -0.05) is 36.4 Å². The van der Waals surface area contributed by atoms with Crippen molar-refractivity contribution in [3.05, 3.63) is 70.4 Å². The lowest BCUT2D eigenvalue weighted by molar-refractivity contribution is 0.0643. The van der Waals surface area contributed by atoms with Gasteiger partial charge in [0.2, 0.25) is 0 Å². The number of carbonyl (C=O) groups excluding carboxylic acids is 2. The van der Waals surface area contributed by atoms with Crippen molar-refractivity contribution >= 4 is 22.8 Å². The van der Waals surface area contributed by atoms with Gasteiger partial charge in [0, 0.05) is 63.3 Å². The topological polar surface area (TPSA) is 62.9 Å². The van der Waals surface area contributed by atoms with Crippen molar-refractivity contribution in [2.24, 2.45) is 0 Å². The molecule has 1 N–H and O–H groups in total. The van der Waals surface area contributed by atoms with Crippen LogP contribution in [0.3, 0.4) is 0 Å². The van der Waals surface area contributed by atoms with E-state index >= 15 is 0 Å². The summed E-state index contributed by atoms with van der Waals surface area (Å²) in [6, 6.07) is 14.8. The van der Waals surface area contributed by atoms with Crippen LogP contribution in [0.4, 0.5) is 4.79 Å². The molecule has 37 heavy (non-hydrogen) atoms. The smallest absolute Gasteiger partial charge is 0.319 e. The molecule has 3 heterocycles. The number of aryl methyl sites for hydroxylation is 2. The van der Waals surface area contributed by atoms with Gasteiger partial charge in [-0.15, -0.1) is 0 Å². The molecule has 7 heteroatoms. The van der Waals surface area contributed by atoms with Crippen LogP contribution in [0.15, 0.2) is 42.5 Å². The summed E-state index contributed by atoms with van der Waals surface area (Å²) in [5, 5.41) is 1.13. The zero-order chi connectivity index (χ0) is 26.1. The second-order valence-corrected chi connectivity index (χ2v) is 10.8. The van der Waals surface area contributed by atoms with E-state index in [1.807, 2.05) is 21.9 Å². The van der Waals surface area contributed by atoms with E-state index in [1.54, 1.807) is 19.0 Å². The minimum atomic E-state index is 0.00249. The van der Waals surface area contributed by atoms with Gasteiger partial charge in [-0.05, 0) is 68.5 Å². The number of nitrogens with zero attached hydrogens (tertiary/aromatic N) is 4. The van der Waals surface area contributed by atoms with E-state index in [0.717, 1.165) is 48.9 Å². The first kappa shape index (κ1) is 25.3. The predicted octanol–water partition coefficient (Wildman–Crippen LogP) is 4.60. The van der Waals surface area contributed by atoms with Gasteiger partial charge < -0.3 is 19.7 Å². The highest BCUT2D eigenvalue weighted by molar-refractivity contribution is 6.01. The number of H-pyrrole nitrogens is 1. The average molecular weight is 502 g/mol. The van der Waals surface area contributed by atoms with Gasteiger partial charge in [-0.25, -0.2) is 4.79 Å². The average Bonchev–Trinajstić information content (AvgIpc) is 3.27. The molecule has 2 aliphatic heterocycles. The number of para-hydroxylation sites is 1. The molecule has 7 nitrogen and oxygen atoms in total. The van der Waals surface area contributed by atoms with E-state index < -0.39 is 0 Å². The molecule has 1 aromatic heterocycles. The fourth-order valence-electron chi connectivity index (χ4n) is 6.16. The van der Waals surface area contributed by atoms with E-state index in [9.17, 15) is 9.59 Å². The summed E-state index contributed by atoms with van der Waals surface area (Å²) in [4.78, 5) is 37.3. The number of benzene rings is 2. The Morgan fingerprint density at radius 3 is 2.14 bits per heavy atom. The number of piperidine rings is 1. The van der Waals surface area contributed by atoms with Gasteiger partial charge in [0.1, 0.15) is 5.69 Å². The van der Waals surface area contributed by atoms with Crippen molar-refractivity contribution in [3.63, 3.8) is 0 Å². The van der Waals surface area contributed by atoms with Gasteiger partial charge in [0.25, 0.3) is 5.91 Å². The number of aromatic amines is 1. The molecule has 3 aromatic rings. The van der Waals surface area contributed by atoms with Gasteiger partial charge in [-0.2, -0.15) is 0 Å². The molecule has 196 valence electrons. The fourth-order valence-corrected chi connectivity index (χ4v) is 6.16. The van der Waals surface area contributed by atoms with Crippen LogP contribution < -0.4 is 0 Å². The number of nitrogens with one attached hydrogen (secondary N) is 1. The van der Waals surface area contributed by atoms with E-state index in [-0.39, 0.29) is 11.9 Å². The second-order valence-electron chi connectivity index (χ2n) is 10.8. The van der Waals surface area contributed by atoms with Crippen molar-refractivity contribution in [1.82, 2.24) is 24.6 Å². The first-order valence-corrected chi connectivity index (χ1v) is 13.5. The Labute approximate surface area is 220 Å². The third kappa shape index (κ3) is 5.10. The molecule has 2 aliphatic rings. The first-order valence-electron chi connectivity index (χ1n) is 13.5. The van der Waals surface area contributed by atoms with Crippen LogP contribution in [0, 0.1) is 13.8 Å². The standard InChI is InChI=1S/C30H39N5O2/c1-21-8-7-9-22(2)27(21)23-12-14-33(15-13-23)20-25-24-10-5-6-11-26(24)31-28(25)29(36)34-16-18-35(19-17-34)30(37)32(3)4/h5-11,23,31H,12-20H2,1-4H3. The molecule has 3 amide bonds. The normalized spacial score (nSPS) is 17.4. The number of urea groups is 1. The second kappa shape index (κ2) is 10.6. The maximum Gasteiger partial charge on any atom is 0.319 e. The number of aromatic nitrogens is 1. The highest BCUT2D eigenvalue weighted by atomic mass is 16.2. The number of amides is 3. The number of carbonyl (C=O) groups is 2. The van der Waals surface area contributed by atoms with Crippen molar-refractivity contribution in [1.29, 1.82) is 0 Å². The molecule has 0 bridgehead atoms. The number of likely N-dealkylation sites (tertiary alicyclic amines) is 1. The molecule has 0 atom stereocenters. The minimum absolute atomic E-state index is 0.00249. The molecule has 0 saturated carbocycles.